The number of carbonyl (C=O) groups is 1. The lowest BCUT2D eigenvalue weighted by Gasteiger charge is -2.27. The van der Waals surface area contributed by atoms with E-state index in [1.165, 1.54) is 0 Å². The van der Waals surface area contributed by atoms with Gasteiger partial charge in [0, 0.05) is 0 Å². The maximum Gasteiger partial charge on any atom is 0.407 e. The number of amides is 1. The number of nitrogens with one attached hydrogen (secondary N) is 1. The summed E-state index contributed by atoms with van der Waals surface area (Å²) >= 11 is 4.87. The molecule has 1 aliphatic heterocycles. The molecule has 0 spiro atoms. The minimum atomic E-state index is -0.436. The summed E-state index contributed by atoms with van der Waals surface area (Å²) in [5.74, 6) is 0. The highest BCUT2D eigenvalue weighted by Gasteiger charge is 2.39. The number of alkyl carbamates (subject to hydrolysis) is 1. The molecule has 3 N–H and O–H groups in total. The summed E-state index contributed by atoms with van der Waals surface area (Å²) in [6.07, 6.45) is -0.646. The highest BCUT2D eigenvalue weighted by atomic mass is 32.1. The summed E-state index contributed by atoms with van der Waals surface area (Å²) in [6.45, 7) is 4.20. The van der Waals surface area contributed by atoms with Crippen LogP contribution >= 0.6 is 12.2 Å². The van der Waals surface area contributed by atoms with Crippen molar-refractivity contribution in [3.8, 4) is 0 Å². The van der Waals surface area contributed by atoms with E-state index < -0.39 is 11.5 Å². The van der Waals surface area contributed by atoms with Gasteiger partial charge in [0.05, 0.1) is 16.9 Å². The average molecular weight is 188 g/mol. The zero-order valence-corrected chi connectivity index (χ0v) is 7.90. The Morgan fingerprint density at radius 1 is 1.83 bits per heavy atom. The number of thiocarbonyl (C=S) groups is 1. The molecule has 0 radical (unpaired) electrons. The molecule has 1 saturated heterocycles. The van der Waals surface area contributed by atoms with Gasteiger partial charge in [-0.3, -0.25) is 0 Å². The average Bonchev–Trinajstić information content (AvgIpc) is 2.35. The fourth-order valence-electron chi connectivity index (χ4n) is 0.950. The van der Waals surface area contributed by atoms with Crippen molar-refractivity contribution in [1.82, 2.24) is 5.32 Å². The van der Waals surface area contributed by atoms with Crippen molar-refractivity contribution in [3.63, 3.8) is 0 Å². The minimum absolute atomic E-state index is 0.248. The molecule has 0 aromatic carbocycles. The number of hydrogen-bond acceptors (Lipinski definition) is 3. The number of ether oxygens (including phenoxy) is 1. The quantitative estimate of drug-likeness (QED) is 0.616. The molecule has 1 rings (SSSR count). The normalized spacial score (nSPS) is 23.2. The van der Waals surface area contributed by atoms with Crippen molar-refractivity contribution in [2.45, 2.75) is 20.0 Å². The Kier molecular flexibility index (Phi) is 2.23. The Balaban J connectivity index is 2.70. The molecule has 1 heterocycles. The molecule has 0 aliphatic carbocycles. The van der Waals surface area contributed by atoms with Crippen LogP contribution in [-0.4, -0.2) is 23.7 Å². The van der Waals surface area contributed by atoms with Crippen molar-refractivity contribution in [2.24, 2.45) is 11.1 Å². The van der Waals surface area contributed by atoms with E-state index in [1.807, 2.05) is 13.8 Å². The van der Waals surface area contributed by atoms with E-state index in [0.29, 0.717) is 11.5 Å². The highest BCUT2D eigenvalue weighted by Crippen LogP contribution is 2.25. The molecule has 5 heteroatoms. The van der Waals surface area contributed by atoms with Crippen LogP contribution in [0.15, 0.2) is 0 Å². The second-order valence-corrected chi connectivity index (χ2v) is 3.80. The van der Waals surface area contributed by atoms with Gasteiger partial charge in [-0.25, -0.2) is 4.79 Å². The van der Waals surface area contributed by atoms with Crippen molar-refractivity contribution in [3.05, 3.63) is 0 Å². The molecular weight excluding hydrogens is 176 g/mol. The van der Waals surface area contributed by atoms with Gasteiger partial charge in [-0.1, -0.05) is 12.2 Å². The summed E-state index contributed by atoms with van der Waals surface area (Å²) in [4.78, 5) is 11.1. The van der Waals surface area contributed by atoms with E-state index in [0.717, 1.165) is 0 Å². The first-order valence-corrected chi connectivity index (χ1v) is 4.10. The highest BCUT2D eigenvalue weighted by molar-refractivity contribution is 7.80. The summed E-state index contributed by atoms with van der Waals surface area (Å²) in [7, 11) is 0. The van der Waals surface area contributed by atoms with Gasteiger partial charge in [0.2, 0.25) is 0 Å². The van der Waals surface area contributed by atoms with E-state index in [2.05, 4.69) is 5.32 Å². The molecule has 0 bridgehead atoms. The number of nitrogens with two attached hydrogens (primary N) is 1. The molecule has 1 amide bonds. The molecule has 1 aliphatic rings. The molecular formula is C7H12N2O2S. The van der Waals surface area contributed by atoms with Crippen molar-refractivity contribution in [2.75, 3.05) is 6.54 Å². The molecule has 12 heavy (non-hydrogen) atoms. The third kappa shape index (κ3) is 1.50. The zero-order chi connectivity index (χ0) is 9.35. The first-order valence-electron chi connectivity index (χ1n) is 3.69. The predicted molar refractivity (Wildman–Crippen MR) is 48.8 cm³/mol. The Morgan fingerprint density at radius 3 is 2.75 bits per heavy atom. The molecule has 1 atom stereocenters. The van der Waals surface area contributed by atoms with Crippen LogP contribution in [0.4, 0.5) is 4.79 Å². The molecule has 4 nitrogen and oxygen atoms in total. The summed E-state index contributed by atoms with van der Waals surface area (Å²) < 4.78 is 4.97. The van der Waals surface area contributed by atoms with Crippen molar-refractivity contribution >= 4 is 23.3 Å². The van der Waals surface area contributed by atoms with Crippen LogP contribution in [-0.2, 0) is 4.74 Å². The van der Waals surface area contributed by atoms with Gasteiger partial charge in [-0.15, -0.1) is 0 Å². The van der Waals surface area contributed by atoms with Gasteiger partial charge in [-0.2, -0.15) is 0 Å². The Hall–Kier alpha value is -0.840. The first kappa shape index (κ1) is 9.25. The van der Waals surface area contributed by atoms with Crippen LogP contribution in [0.25, 0.3) is 0 Å². The largest absolute Gasteiger partial charge is 0.443 e. The number of hydrogen-bond donors (Lipinski definition) is 2. The van der Waals surface area contributed by atoms with Crippen LogP contribution in [0.1, 0.15) is 13.8 Å². The fourth-order valence-corrected chi connectivity index (χ4v) is 1.08. The standard InChI is InChI=1S/C7H12N2O2S/c1-7(2,5(8)12)4-3-9-6(10)11-4/h4H,3H2,1-2H3,(H2,8,12)(H,9,10). The van der Waals surface area contributed by atoms with Gasteiger partial charge in [0.15, 0.2) is 0 Å². The van der Waals surface area contributed by atoms with Gasteiger partial charge in [0.25, 0.3) is 0 Å². The maximum atomic E-state index is 10.7. The minimum Gasteiger partial charge on any atom is -0.443 e. The maximum absolute atomic E-state index is 10.7. The van der Waals surface area contributed by atoms with Crippen LogP contribution in [0.2, 0.25) is 0 Å². The predicted octanol–water partition coefficient (Wildman–Crippen LogP) is 0.407. The topological polar surface area (TPSA) is 64.3 Å². The summed E-state index contributed by atoms with van der Waals surface area (Å²) in [6, 6.07) is 0. The SMILES string of the molecule is CC(C)(C(N)=S)C1CNC(=O)O1. The molecule has 1 unspecified atom stereocenters. The van der Waals surface area contributed by atoms with Crippen LogP contribution in [0, 0.1) is 5.41 Å². The second kappa shape index (κ2) is 2.90. The molecule has 0 aromatic heterocycles. The first-order chi connectivity index (χ1) is 5.44. The lowest BCUT2D eigenvalue weighted by molar-refractivity contribution is 0.0959. The number of rotatable bonds is 2. The number of cyclic esters (lactones) is 1. The summed E-state index contributed by atoms with van der Waals surface area (Å²) in [5.41, 5.74) is 5.07. The lowest BCUT2D eigenvalue weighted by Crippen LogP contribution is -2.42. The Morgan fingerprint density at radius 2 is 2.42 bits per heavy atom. The molecule has 68 valence electrons. The van der Waals surface area contributed by atoms with Crippen LogP contribution in [0.3, 0.4) is 0 Å². The van der Waals surface area contributed by atoms with Gasteiger partial charge in [-0.05, 0) is 13.8 Å². The van der Waals surface area contributed by atoms with E-state index >= 15 is 0 Å². The third-order valence-electron chi connectivity index (χ3n) is 2.12. The van der Waals surface area contributed by atoms with Crippen LogP contribution < -0.4 is 11.1 Å². The second-order valence-electron chi connectivity index (χ2n) is 3.36. The van der Waals surface area contributed by atoms with Crippen molar-refractivity contribution < 1.29 is 9.53 Å². The monoisotopic (exact) mass is 188 g/mol. The van der Waals surface area contributed by atoms with Crippen LogP contribution in [0.5, 0.6) is 0 Å². The zero-order valence-electron chi connectivity index (χ0n) is 7.09. The Bertz CT molecular complexity index is 227. The summed E-state index contributed by atoms with van der Waals surface area (Å²) in [5, 5.41) is 2.55. The third-order valence-corrected chi connectivity index (χ3v) is 2.65. The van der Waals surface area contributed by atoms with E-state index in [9.17, 15) is 4.79 Å². The van der Waals surface area contributed by atoms with E-state index in [4.69, 9.17) is 22.7 Å². The smallest absolute Gasteiger partial charge is 0.407 e. The van der Waals surface area contributed by atoms with E-state index in [-0.39, 0.29) is 6.10 Å². The van der Waals surface area contributed by atoms with Gasteiger partial charge in [0.1, 0.15) is 6.10 Å². The molecule has 0 saturated carbocycles. The number of carbonyl (C=O) groups excluding carboxylic acids is 1. The van der Waals surface area contributed by atoms with Crippen molar-refractivity contribution in [1.29, 1.82) is 0 Å². The van der Waals surface area contributed by atoms with E-state index in [1.54, 1.807) is 0 Å². The fraction of sp³-hybridized carbons (Fsp3) is 0.714. The Labute approximate surface area is 76.4 Å². The molecule has 0 aromatic rings. The van der Waals surface area contributed by atoms with Gasteiger partial charge < -0.3 is 15.8 Å². The van der Waals surface area contributed by atoms with Gasteiger partial charge >= 0.3 is 6.09 Å². The lowest BCUT2D eigenvalue weighted by atomic mass is 9.86. The molecule has 1 fully saturated rings.